The van der Waals surface area contributed by atoms with Crippen molar-refractivity contribution in [2.75, 3.05) is 0 Å². The average molecular weight is 232 g/mol. The molecule has 0 spiro atoms. The summed E-state index contributed by atoms with van der Waals surface area (Å²) in [5.41, 5.74) is 0. The van der Waals surface area contributed by atoms with Crippen LogP contribution in [0.25, 0.3) is 0 Å². The molecule has 0 heterocycles. The predicted molar refractivity (Wildman–Crippen MR) is 7.81 cm³/mol. The van der Waals surface area contributed by atoms with E-state index in [-0.39, 0.29) is 73.7 Å². The van der Waals surface area contributed by atoms with Crippen molar-refractivity contribution in [1.29, 1.82) is 0 Å². The summed E-state index contributed by atoms with van der Waals surface area (Å²) in [4.78, 5) is 0. The molecule has 0 aliphatic rings. The van der Waals surface area contributed by atoms with Gasteiger partial charge in [-0.2, -0.15) is 0 Å². The molecule has 0 aliphatic heterocycles. The van der Waals surface area contributed by atoms with Crippen molar-refractivity contribution in [3.05, 3.63) is 0 Å². The van der Waals surface area contributed by atoms with Crippen LogP contribution in [0.1, 0.15) is 0 Å². The van der Waals surface area contributed by atoms with Crippen LogP contribution in [0.2, 0.25) is 0 Å². The van der Waals surface area contributed by atoms with Gasteiger partial charge in [0.2, 0.25) is 0 Å². The zero-order valence-electron chi connectivity index (χ0n) is 2.16. The first kappa shape index (κ1) is 73.5. The molecule has 0 fully saturated rings. The maximum atomic E-state index is 0. The monoisotopic (exact) mass is 233 g/mol. The van der Waals surface area contributed by atoms with Gasteiger partial charge in [-0.25, -0.2) is 0 Å². The molecule has 5 heavy (non-hydrogen) atoms. The van der Waals surface area contributed by atoms with Gasteiger partial charge in [-0.3, -0.25) is 0 Å². The van der Waals surface area contributed by atoms with Crippen molar-refractivity contribution in [3.8, 4) is 0 Å². The molecule has 0 saturated heterocycles. The van der Waals surface area contributed by atoms with Gasteiger partial charge < -0.3 is 16.4 Å². The zero-order valence-corrected chi connectivity index (χ0v) is 5.58. The Morgan fingerprint density at radius 3 is 0.600 bits per heavy atom. The normalized spacial score (nSPS) is 0. The van der Waals surface area contributed by atoms with E-state index in [0.29, 0.717) is 0 Å². The predicted octanol–water partition coefficient (Wildman–Crippen LogP) is -0.737. The van der Waals surface area contributed by atoms with Gasteiger partial charge in [-0.05, 0) is 0 Å². The minimum absolute atomic E-state index is 0. The maximum Gasteiger partial charge on any atom is 3.00 e. The van der Waals surface area contributed by atoms with Crippen LogP contribution in [-0.2, 0) is 16.4 Å². The van der Waals surface area contributed by atoms with Crippen LogP contribution in [-0.4, -0.2) is 17.4 Å². The molecule has 3 nitrogen and oxygen atoms in total. The van der Waals surface area contributed by atoms with Gasteiger partial charge in [0.15, 0.2) is 0 Å². The van der Waals surface area contributed by atoms with E-state index in [1.54, 1.807) is 0 Å². The Balaban J connectivity index is 0. The van der Waals surface area contributed by atoms with E-state index < -0.39 is 0 Å². The standard InChI is InChI=1S/Al.Gd.3O/q2*+3;3*-2. The van der Waals surface area contributed by atoms with Gasteiger partial charge >= 0.3 is 57.3 Å². The Bertz CT molecular complexity index is 6.85. The van der Waals surface area contributed by atoms with Crippen molar-refractivity contribution >= 4 is 17.4 Å². The molecule has 0 aromatic heterocycles. The van der Waals surface area contributed by atoms with E-state index >= 15 is 0 Å². The smallest absolute Gasteiger partial charge is 2.00 e. The van der Waals surface area contributed by atoms with E-state index in [9.17, 15) is 0 Å². The van der Waals surface area contributed by atoms with E-state index in [1.165, 1.54) is 0 Å². The van der Waals surface area contributed by atoms with Gasteiger partial charge in [0.1, 0.15) is 0 Å². The van der Waals surface area contributed by atoms with E-state index in [0.717, 1.165) is 0 Å². The summed E-state index contributed by atoms with van der Waals surface area (Å²) < 4.78 is 0. The molecule has 0 aliphatic carbocycles. The molecular formula is AlGdO3. The number of hydrogen-bond acceptors (Lipinski definition) is 0. The largest absolute Gasteiger partial charge is 3.00 e. The molecule has 0 rings (SSSR count). The van der Waals surface area contributed by atoms with Crippen molar-refractivity contribution < 1.29 is 56.4 Å². The van der Waals surface area contributed by atoms with Crippen molar-refractivity contribution in [1.82, 2.24) is 0 Å². The van der Waals surface area contributed by atoms with Crippen molar-refractivity contribution in [3.63, 3.8) is 0 Å². The molecule has 0 bridgehead atoms. The minimum atomic E-state index is 0. The van der Waals surface area contributed by atoms with Crippen LogP contribution in [0, 0.1) is 39.9 Å². The first-order valence-electron chi connectivity index (χ1n) is 0. The minimum Gasteiger partial charge on any atom is -2.00 e. The van der Waals surface area contributed by atoms with E-state index in [1.807, 2.05) is 0 Å². The molecule has 0 unspecified atom stereocenters. The molecule has 0 N–H and O–H groups in total. The molecule has 1 radical (unpaired) electrons. The molecule has 5 heteroatoms. The summed E-state index contributed by atoms with van der Waals surface area (Å²) in [6, 6.07) is 0. The fraction of sp³-hybridized carbons (Fsp3) is 0. The fourth-order valence-corrected chi connectivity index (χ4v) is 0. The molecule has 0 saturated carbocycles. The maximum absolute atomic E-state index is 0. The quantitative estimate of drug-likeness (QED) is 0.493. The first-order chi connectivity index (χ1) is 0. The third kappa shape index (κ3) is 26.6. The van der Waals surface area contributed by atoms with E-state index in [4.69, 9.17) is 0 Å². The third-order valence-electron chi connectivity index (χ3n) is 0. The molecule has 0 aromatic rings. The Hall–Kier alpha value is 1.74. The van der Waals surface area contributed by atoms with Crippen LogP contribution in [0.15, 0.2) is 0 Å². The molecule has 0 atom stereocenters. The third-order valence-corrected chi connectivity index (χ3v) is 0. The number of rotatable bonds is 0. The van der Waals surface area contributed by atoms with Crippen LogP contribution in [0.3, 0.4) is 0 Å². The summed E-state index contributed by atoms with van der Waals surface area (Å²) in [5, 5.41) is 0. The molecule has 0 aromatic carbocycles. The molecular weight excluding hydrogens is 232 g/mol. The Morgan fingerprint density at radius 2 is 0.600 bits per heavy atom. The summed E-state index contributed by atoms with van der Waals surface area (Å²) in [7, 11) is 0. The van der Waals surface area contributed by atoms with Crippen LogP contribution in [0.5, 0.6) is 0 Å². The summed E-state index contributed by atoms with van der Waals surface area (Å²) in [5.74, 6) is 0. The summed E-state index contributed by atoms with van der Waals surface area (Å²) in [6.45, 7) is 0. The number of hydrogen-bond donors (Lipinski definition) is 0. The van der Waals surface area contributed by atoms with Gasteiger partial charge in [-0.15, -0.1) is 0 Å². The average Bonchev–Trinajstić information content (AvgIpc) is 0. The Kier molecular flexibility index (Phi) is 627. The fourth-order valence-electron chi connectivity index (χ4n) is 0. The van der Waals surface area contributed by atoms with Crippen LogP contribution >= 0.6 is 0 Å². The van der Waals surface area contributed by atoms with Gasteiger partial charge in [-0.1, -0.05) is 0 Å². The summed E-state index contributed by atoms with van der Waals surface area (Å²) in [6.07, 6.45) is 0. The zero-order chi connectivity index (χ0) is 0. The Labute approximate surface area is 72.9 Å². The second-order valence-electron chi connectivity index (χ2n) is 0. The van der Waals surface area contributed by atoms with Gasteiger partial charge in [0.05, 0.1) is 0 Å². The van der Waals surface area contributed by atoms with Crippen LogP contribution in [0.4, 0.5) is 0 Å². The molecule has 29 valence electrons. The van der Waals surface area contributed by atoms with Crippen molar-refractivity contribution in [2.45, 2.75) is 0 Å². The van der Waals surface area contributed by atoms with Crippen LogP contribution < -0.4 is 0 Å². The first-order valence-corrected chi connectivity index (χ1v) is 0. The van der Waals surface area contributed by atoms with Gasteiger partial charge in [0.25, 0.3) is 0 Å². The second kappa shape index (κ2) is 42.7. The SMILES string of the molecule is [Al+3].[Gd+3].[O-2].[O-2].[O-2]. The topological polar surface area (TPSA) is 85.5 Å². The Morgan fingerprint density at radius 1 is 0.600 bits per heavy atom. The molecule has 0 amide bonds. The van der Waals surface area contributed by atoms with Crippen molar-refractivity contribution in [2.24, 2.45) is 0 Å². The van der Waals surface area contributed by atoms with Gasteiger partial charge in [0, 0.05) is 0 Å². The van der Waals surface area contributed by atoms with E-state index in [2.05, 4.69) is 0 Å². The second-order valence-corrected chi connectivity index (χ2v) is 0. The summed E-state index contributed by atoms with van der Waals surface area (Å²) >= 11 is 0.